The standard InChI is InChI=1S/C18H23NO6/c1-18(2,3)25-17(22)19-10-9-14(15(19)16(21)23-4)24-13-7-5-12(11-20)6-8-13/h5-8,11,14-15H,9-10H2,1-4H3/t14-,15-/m0/s1. The van der Waals surface area contributed by atoms with Crippen LogP contribution < -0.4 is 4.74 Å². The minimum atomic E-state index is -0.884. The average Bonchev–Trinajstić information content (AvgIpc) is 2.97. The van der Waals surface area contributed by atoms with Crippen molar-refractivity contribution >= 4 is 18.3 Å². The highest BCUT2D eigenvalue weighted by molar-refractivity contribution is 5.83. The van der Waals surface area contributed by atoms with E-state index in [4.69, 9.17) is 14.2 Å². The summed E-state index contributed by atoms with van der Waals surface area (Å²) in [4.78, 5) is 36.6. The van der Waals surface area contributed by atoms with Gasteiger partial charge in [0.05, 0.1) is 7.11 Å². The summed E-state index contributed by atoms with van der Waals surface area (Å²) in [6, 6.07) is 5.65. The van der Waals surface area contributed by atoms with Crippen molar-refractivity contribution in [3.63, 3.8) is 0 Å². The van der Waals surface area contributed by atoms with E-state index in [0.717, 1.165) is 6.29 Å². The fourth-order valence-electron chi connectivity index (χ4n) is 2.61. The van der Waals surface area contributed by atoms with Crippen molar-refractivity contribution < 1.29 is 28.6 Å². The Balaban J connectivity index is 2.15. The van der Waals surface area contributed by atoms with Crippen molar-refractivity contribution in [1.82, 2.24) is 4.90 Å². The minimum absolute atomic E-state index is 0.325. The molecule has 1 aromatic rings. The van der Waals surface area contributed by atoms with Crippen LogP contribution in [0.4, 0.5) is 4.79 Å². The van der Waals surface area contributed by atoms with Crippen molar-refractivity contribution in [1.29, 1.82) is 0 Å². The van der Waals surface area contributed by atoms with Gasteiger partial charge in [0.1, 0.15) is 23.7 Å². The predicted molar refractivity (Wildman–Crippen MR) is 89.6 cm³/mol. The van der Waals surface area contributed by atoms with Crippen LogP contribution in [0, 0.1) is 0 Å². The molecular formula is C18H23NO6. The van der Waals surface area contributed by atoms with Crippen LogP contribution in [0.1, 0.15) is 37.6 Å². The summed E-state index contributed by atoms with van der Waals surface area (Å²) in [5.74, 6) is -0.0478. The third-order valence-corrected chi connectivity index (χ3v) is 3.72. The van der Waals surface area contributed by atoms with Crippen LogP contribution in [-0.2, 0) is 14.3 Å². The number of carbonyl (C=O) groups is 3. The Hall–Kier alpha value is -2.57. The number of amides is 1. The number of rotatable bonds is 4. The molecule has 2 rings (SSSR count). The SMILES string of the molecule is COC(=O)[C@@H]1[C@@H](Oc2ccc(C=O)cc2)CCN1C(=O)OC(C)(C)C. The summed E-state index contributed by atoms with van der Waals surface area (Å²) < 4.78 is 16.0. The molecule has 0 radical (unpaired) electrons. The Kier molecular flexibility index (Phi) is 5.66. The quantitative estimate of drug-likeness (QED) is 0.613. The lowest BCUT2D eigenvalue weighted by Gasteiger charge is -2.29. The highest BCUT2D eigenvalue weighted by Crippen LogP contribution is 2.26. The maximum atomic E-state index is 12.4. The maximum absolute atomic E-state index is 12.4. The molecule has 7 heteroatoms. The fraction of sp³-hybridized carbons (Fsp3) is 0.500. The lowest BCUT2D eigenvalue weighted by Crippen LogP contribution is -2.48. The minimum Gasteiger partial charge on any atom is -0.488 e. The lowest BCUT2D eigenvalue weighted by molar-refractivity contribution is -0.148. The number of likely N-dealkylation sites (tertiary alicyclic amines) is 1. The van der Waals surface area contributed by atoms with Crippen molar-refractivity contribution in [2.24, 2.45) is 0 Å². The number of hydrogen-bond donors (Lipinski definition) is 0. The average molecular weight is 349 g/mol. The molecule has 1 amide bonds. The summed E-state index contributed by atoms with van der Waals surface area (Å²) in [6.45, 7) is 5.61. The summed E-state index contributed by atoms with van der Waals surface area (Å²) in [5, 5.41) is 0. The van der Waals surface area contributed by atoms with Crippen LogP contribution in [0.3, 0.4) is 0 Å². The number of ether oxygens (including phenoxy) is 3. The summed E-state index contributed by atoms with van der Waals surface area (Å²) in [7, 11) is 1.27. The van der Waals surface area contributed by atoms with E-state index in [1.54, 1.807) is 45.0 Å². The first-order chi connectivity index (χ1) is 11.7. The van der Waals surface area contributed by atoms with Crippen LogP contribution in [0.15, 0.2) is 24.3 Å². The van der Waals surface area contributed by atoms with Crippen molar-refractivity contribution in [3.8, 4) is 5.75 Å². The molecular weight excluding hydrogens is 326 g/mol. The number of esters is 1. The first-order valence-corrected chi connectivity index (χ1v) is 8.04. The monoisotopic (exact) mass is 349 g/mol. The third-order valence-electron chi connectivity index (χ3n) is 3.72. The van der Waals surface area contributed by atoms with Gasteiger partial charge in [-0.2, -0.15) is 0 Å². The van der Waals surface area contributed by atoms with Crippen molar-refractivity contribution in [3.05, 3.63) is 29.8 Å². The molecule has 0 saturated carbocycles. The summed E-state index contributed by atoms with van der Waals surface area (Å²) in [5.41, 5.74) is -0.139. The molecule has 7 nitrogen and oxygen atoms in total. The number of hydrogen-bond acceptors (Lipinski definition) is 6. The van der Waals surface area contributed by atoms with Crippen LogP contribution in [0.25, 0.3) is 0 Å². The zero-order valence-electron chi connectivity index (χ0n) is 14.9. The third kappa shape index (κ3) is 4.71. The smallest absolute Gasteiger partial charge is 0.411 e. The second-order valence-corrected chi connectivity index (χ2v) is 6.77. The normalized spacial score (nSPS) is 20.1. The van der Waals surface area contributed by atoms with E-state index in [0.29, 0.717) is 24.3 Å². The highest BCUT2D eigenvalue weighted by atomic mass is 16.6. The number of aldehydes is 1. The maximum Gasteiger partial charge on any atom is 0.411 e. The molecule has 2 atom stereocenters. The van der Waals surface area contributed by atoms with Gasteiger partial charge in [0.15, 0.2) is 6.04 Å². The van der Waals surface area contributed by atoms with Crippen LogP contribution in [0.2, 0.25) is 0 Å². The van der Waals surface area contributed by atoms with Crippen molar-refractivity contribution in [2.75, 3.05) is 13.7 Å². The molecule has 0 spiro atoms. The second kappa shape index (κ2) is 7.55. The number of carbonyl (C=O) groups excluding carboxylic acids is 3. The van der Waals surface area contributed by atoms with E-state index in [-0.39, 0.29) is 0 Å². The number of benzene rings is 1. The van der Waals surface area contributed by atoms with Crippen LogP contribution in [0.5, 0.6) is 5.75 Å². The van der Waals surface area contributed by atoms with Gasteiger partial charge in [0.25, 0.3) is 0 Å². The van der Waals surface area contributed by atoms with Gasteiger partial charge in [-0.3, -0.25) is 9.69 Å². The van der Waals surface area contributed by atoms with E-state index < -0.39 is 29.8 Å². The van der Waals surface area contributed by atoms with Gasteiger partial charge in [0, 0.05) is 18.5 Å². The van der Waals surface area contributed by atoms with Gasteiger partial charge in [-0.05, 0) is 45.0 Å². The molecule has 1 heterocycles. The molecule has 0 aliphatic carbocycles. The topological polar surface area (TPSA) is 82.1 Å². The molecule has 0 N–H and O–H groups in total. The fourth-order valence-corrected chi connectivity index (χ4v) is 2.61. The first-order valence-electron chi connectivity index (χ1n) is 8.04. The summed E-state index contributed by atoms with van der Waals surface area (Å²) in [6.07, 6.45) is 0.0716. The van der Waals surface area contributed by atoms with Gasteiger partial charge in [-0.15, -0.1) is 0 Å². The van der Waals surface area contributed by atoms with E-state index >= 15 is 0 Å². The van der Waals surface area contributed by atoms with Crippen molar-refractivity contribution in [2.45, 2.75) is 44.9 Å². The Labute approximate surface area is 146 Å². The molecule has 136 valence electrons. The Morgan fingerprint density at radius 2 is 1.84 bits per heavy atom. The van der Waals surface area contributed by atoms with Gasteiger partial charge in [0.2, 0.25) is 0 Å². The molecule has 0 aromatic heterocycles. The zero-order valence-corrected chi connectivity index (χ0v) is 14.9. The predicted octanol–water partition coefficient (Wildman–Crippen LogP) is 2.43. The number of methoxy groups -OCH3 is 1. The molecule has 0 unspecified atom stereocenters. The first kappa shape index (κ1) is 18.8. The van der Waals surface area contributed by atoms with Gasteiger partial charge < -0.3 is 14.2 Å². The highest BCUT2D eigenvalue weighted by Gasteiger charge is 2.45. The Morgan fingerprint density at radius 3 is 2.36 bits per heavy atom. The van der Waals surface area contributed by atoms with Crippen LogP contribution in [-0.4, -0.2) is 54.7 Å². The van der Waals surface area contributed by atoms with Gasteiger partial charge >= 0.3 is 12.1 Å². The molecule has 1 aliphatic rings. The number of nitrogens with zero attached hydrogens (tertiary/aromatic N) is 1. The zero-order chi connectivity index (χ0) is 18.6. The van der Waals surface area contributed by atoms with E-state index in [1.807, 2.05) is 0 Å². The van der Waals surface area contributed by atoms with Crippen LogP contribution >= 0.6 is 0 Å². The Bertz CT molecular complexity index is 634. The summed E-state index contributed by atoms with van der Waals surface area (Å²) >= 11 is 0. The van der Waals surface area contributed by atoms with Gasteiger partial charge in [-0.1, -0.05) is 0 Å². The molecule has 1 fully saturated rings. The Morgan fingerprint density at radius 1 is 1.20 bits per heavy atom. The molecule has 0 bridgehead atoms. The second-order valence-electron chi connectivity index (χ2n) is 6.77. The van der Waals surface area contributed by atoms with E-state index in [9.17, 15) is 14.4 Å². The molecule has 1 aliphatic heterocycles. The van der Waals surface area contributed by atoms with E-state index in [1.165, 1.54) is 12.0 Å². The lowest BCUT2D eigenvalue weighted by atomic mass is 10.1. The largest absolute Gasteiger partial charge is 0.488 e. The molecule has 1 aromatic carbocycles. The molecule has 25 heavy (non-hydrogen) atoms. The molecule has 1 saturated heterocycles. The van der Waals surface area contributed by atoms with Gasteiger partial charge in [-0.25, -0.2) is 9.59 Å². The van der Waals surface area contributed by atoms with E-state index in [2.05, 4.69) is 0 Å².